The van der Waals surface area contributed by atoms with Crippen molar-refractivity contribution in [1.29, 1.82) is 0 Å². The van der Waals surface area contributed by atoms with Crippen LogP contribution in [-0.2, 0) is 22.6 Å². The van der Waals surface area contributed by atoms with Crippen LogP contribution in [0.25, 0.3) is 0 Å². The van der Waals surface area contributed by atoms with Crippen LogP contribution >= 0.6 is 24.8 Å². The summed E-state index contributed by atoms with van der Waals surface area (Å²) >= 11 is 0. The molecule has 7 nitrogen and oxygen atoms in total. The molecule has 132 valence electrons. The minimum atomic E-state index is -0.252. The molecule has 0 aromatic carbocycles. The number of morpholine rings is 1. The summed E-state index contributed by atoms with van der Waals surface area (Å²) in [7, 11) is 0. The van der Waals surface area contributed by atoms with E-state index in [1.54, 1.807) is 0 Å². The number of nitrogens with one attached hydrogen (secondary N) is 1. The Morgan fingerprint density at radius 1 is 1.30 bits per heavy atom. The second-order valence-corrected chi connectivity index (χ2v) is 6.05. The number of carbonyl (C=O) groups excluding carboxylic acids is 1. The molecule has 0 spiro atoms. The molecule has 1 aromatic heterocycles. The largest absolute Gasteiger partial charge is 0.375 e. The SMILES string of the molecule is CC(C)c1nnc2n1CCN(C(=O)[C@H]1NCCO[C@@H]1C)C2.Cl.Cl. The summed E-state index contributed by atoms with van der Waals surface area (Å²) in [6, 6.07) is -0.252. The minimum Gasteiger partial charge on any atom is -0.375 e. The van der Waals surface area contributed by atoms with Crippen molar-refractivity contribution in [3.63, 3.8) is 0 Å². The molecule has 9 heteroatoms. The first-order chi connectivity index (χ1) is 10.1. The first kappa shape index (κ1) is 20.2. The molecule has 0 radical (unpaired) electrons. The number of rotatable bonds is 2. The van der Waals surface area contributed by atoms with Crippen molar-refractivity contribution in [3.8, 4) is 0 Å². The van der Waals surface area contributed by atoms with Crippen LogP contribution < -0.4 is 5.32 Å². The molecule has 23 heavy (non-hydrogen) atoms. The molecule has 3 rings (SSSR count). The van der Waals surface area contributed by atoms with Crippen LogP contribution in [0.5, 0.6) is 0 Å². The van der Waals surface area contributed by atoms with Crippen LogP contribution in [0.4, 0.5) is 0 Å². The molecule has 1 amide bonds. The average Bonchev–Trinajstić information content (AvgIpc) is 2.90. The fourth-order valence-electron chi connectivity index (χ4n) is 3.00. The number of hydrogen-bond donors (Lipinski definition) is 1. The fourth-order valence-corrected chi connectivity index (χ4v) is 3.00. The van der Waals surface area contributed by atoms with E-state index in [1.807, 2.05) is 11.8 Å². The van der Waals surface area contributed by atoms with Crippen LogP contribution in [0.1, 0.15) is 38.3 Å². The van der Waals surface area contributed by atoms with E-state index in [9.17, 15) is 4.79 Å². The van der Waals surface area contributed by atoms with E-state index in [0.717, 1.165) is 24.7 Å². The van der Waals surface area contributed by atoms with E-state index >= 15 is 0 Å². The molecule has 0 aliphatic carbocycles. The van der Waals surface area contributed by atoms with Gasteiger partial charge in [0.1, 0.15) is 11.9 Å². The van der Waals surface area contributed by atoms with E-state index in [-0.39, 0.29) is 42.9 Å². The van der Waals surface area contributed by atoms with E-state index in [1.165, 1.54) is 0 Å². The normalized spacial score (nSPS) is 23.7. The van der Waals surface area contributed by atoms with Gasteiger partial charge in [-0.1, -0.05) is 13.8 Å². The Hall–Kier alpha value is -0.890. The molecule has 1 aromatic rings. The van der Waals surface area contributed by atoms with Crippen molar-refractivity contribution in [2.75, 3.05) is 19.7 Å². The standard InChI is InChI=1S/C14H23N5O2.2ClH/c1-9(2)13-17-16-11-8-18(5-6-19(11)13)14(20)12-10(3)21-7-4-15-12;;/h9-10,12,15H,4-8H2,1-3H3;2*1H/t10-,12+;;/m1../s1. The predicted molar refractivity (Wildman–Crippen MR) is 91.2 cm³/mol. The number of fused-ring (bicyclic) bond motifs is 1. The number of halogens is 2. The highest BCUT2D eigenvalue weighted by Gasteiger charge is 2.34. The van der Waals surface area contributed by atoms with Gasteiger partial charge in [0, 0.05) is 25.6 Å². The van der Waals surface area contributed by atoms with Gasteiger partial charge < -0.3 is 19.5 Å². The van der Waals surface area contributed by atoms with Gasteiger partial charge in [0.05, 0.1) is 19.3 Å². The average molecular weight is 366 g/mol. The smallest absolute Gasteiger partial charge is 0.242 e. The zero-order valence-corrected chi connectivity index (χ0v) is 15.3. The zero-order chi connectivity index (χ0) is 15.0. The van der Waals surface area contributed by atoms with Gasteiger partial charge in [-0.25, -0.2) is 0 Å². The monoisotopic (exact) mass is 365 g/mol. The van der Waals surface area contributed by atoms with E-state index < -0.39 is 0 Å². The lowest BCUT2D eigenvalue weighted by molar-refractivity contribution is -0.141. The second kappa shape index (κ2) is 8.28. The number of ether oxygens (including phenoxy) is 1. The molecule has 2 aliphatic rings. The molecule has 1 saturated heterocycles. The van der Waals surface area contributed by atoms with Gasteiger partial charge in [-0.3, -0.25) is 4.79 Å². The summed E-state index contributed by atoms with van der Waals surface area (Å²) in [4.78, 5) is 14.5. The van der Waals surface area contributed by atoms with Crippen molar-refractivity contribution >= 4 is 30.7 Å². The van der Waals surface area contributed by atoms with Crippen LogP contribution in [-0.4, -0.2) is 57.4 Å². The minimum absolute atomic E-state index is 0. The lowest BCUT2D eigenvalue weighted by atomic mass is 10.1. The van der Waals surface area contributed by atoms with Gasteiger partial charge in [0.2, 0.25) is 5.91 Å². The quantitative estimate of drug-likeness (QED) is 0.844. The lowest BCUT2D eigenvalue weighted by Crippen LogP contribution is -2.57. The maximum atomic E-state index is 12.6. The Balaban J connectivity index is 0.00000132. The topological polar surface area (TPSA) is 72.3 Å². The lowest BCUT2D eigenvalue weighted by Gasteiger charge is -2.35. The van der Waals surface area contributed by atoms with Gasteiger partial charge in [-0.15, -0.1) is 35.0 Å². The Labute approximate surface area is 149 Å². The number of amides is 1. The third-order valence-corrected chi connectivity index (χ3v) is 4.19. The number of aromatic nitrogens is 3. The van der Waals surface area contributed by atoms with Crippen molar-refractivity contribution in [2.24, 2.45) is 0 Å². The third-order valence-electron chi connectivity index (χ3n) is 4.19. The van der Waals surface area contributed by atoms with Crippen molar-refractivity contribution in [3.05, 3.63) is 11.6 Å². The molecule has 3 heterocycles. The Morgan fingerprint density at radius 3 is 2.70 bits per heavy atom. The first-order valence-electron chi connectivity index (χ1n) is 7.63. The van der Waals surface area contributed by atoms with Gasteiger partial charge in [0.15, 0.2) is 5.82 Å². The Bertz CT molecular complexity index is 537. The summed E-state index contributed by atoms with van der Waals surface area (Å²) in [5.74, 6) is 2.33. The van der Waals surface area contributed by atoms with Crippen molar-refractivity contribution < 1.29 is 9.53 Å². The van der Waals surface area contributed by atoms with Crippen LogP contribution in [0.2, 0.25) is 0 Å². The maximum absolute atomic E-state index is 12.6. The number of carbonyl (C=O) groups is 1. The van der Waals surface area contributed by atoms with Crippen molar-refractivity contribution in [1.82, 2.24) is 25.0 Å². The number of nitrogens with zero attached hydrogens (tertiary/aromatic N) is 4. The molecule has 1 N–H and O–H groups in total. The molecule has 0 unspecified atom stereocenters. The van der Waals surface area contributed by atoms with Crippen LogP contribution in [0.15, 0.2) is 0 Å². The van der Waals surface area contributed by atoms with E-state index in [4.69, 9.17) is 4.74 Å². The summed E-state index contributed by atoms with van der Waals surface area (Å²) in [5.41, 5.74) is 0. The fraction of sp³-hybridized carbons (Fsp3) is 0.786. The third kappa shape index (κ3) is 3.96. The summed E-state index contributed by atoms with van der Waals surface area (Å²) in [6.07, 6.45) is -0.0859. The molecule has 2 aliphatic heterocycles. The summed E-state index contributed by atoms with van der Waals surface area (Å²) in [6.45, 7) is 9.55. The highest BCUT2D eigenvalue weighted by Crippen LogP contribution is 2.19. The van der Waals surface area contributed by atoms with E-state index in [0.29, 0.717) is 25.6 Å². The van der Waals surface area contributed by atoms with Crippen LogP contribution in [0.3, 0.4) is 0 Å². The van der Waals surface area contributed by atoms with Gasteiger partial charge in [0.25, 0.3) is 0 Å². The highest BCUT2D eigenvalue weighted by atomic mass is 35.5. The van der Waals surface area contributed by atoms with E-state index in [2.05, 4.69) is 33.9 Å². The Kier molecular flexibility index (Phi) is 7.26. The highest BCUT2D eigenvalue weighted by molar-refractivity contribution is 5.85. The Morgan fingerprint density at radius 2 is 2.04 bits per heavy atom. The summed E-state index contributed by atoms with van der Waals surface area (Å²) < 4.78 is 7.71. The molecule has 1 fully saturated rings. The van der Waals surface area contributed by atoms with Gasteiger partial charge >= 0.3 is 0 Å². The van der Waals surface area contributed by atoms with Crippen molar-refractivity contribution in [2.45, 2.75) is 51.9 Å². The van der Waals surface area contributed by atoms with Gasteiger partial charge in [-0.2, -0.15) is 0 Å². The zero-order valence-electron chi connectivity index (χ0n) is 13.7. The predicted octanol–water partition coefficient (Wildman–Crippen LogP) is 0.964. The molecule has 2 atom stereocenters. The number of hydrogen-bond acceptors (Lipinski definition) is 5. The first-order valence-corrected chi connectivity index (χ1v) is 7.63. The second-order valence-electron chi connectivity index (χ2n) is 6.05. The molecular weight excluding hydrogens is 341 g/mol. The molecular formula is C14H25Cl2N5O2. The summed E-state index contributed by atoms with van der Waals surface area (Å²) in [5, 5.41) is 11.7. The molecule has 0 bridgehead atoms. The maximum Gasteiger partial charge on any atom is 0.242 e. The molecule has 0 saturated carbocycles. The van der Waals surface area contributed by atoms with Crippen LogP contribution in [0, 0.1) is 0 Å². The van der Waals surface area contributed by atoms with Gasteiger partial charge in [-0.05, 0) is 6.92 Å².